The summed E-state index contributed by atoms with van der Waals surface area (Å²) in [5.41, 5.74) is 1.01. The average Bonchev–Trinajstić information content (AvgIpc) is 2.17. The summed E-state index contributed by atoms with van der Waals surface area (Å²) in [4.78, 5) is 0. The van der Waals surface area contributed by atoms with Gasteiger partial charge in [0.2, 0.25) is 0 Å². The summed E-state index contributed by atoms with van der Waals surface area (Å²) in [5.74, 6) is 0. The Morgan fingerprint density at radius 2 is 2.38 bits per heavy atom. The summed E-state index contributed by atoms with van der Waals surface area (Å²) in [6.07, 6.45) is 4.12. The van der Waals surface area contributed by atoms with Gasteiger partial charge in [0.1, 0.15) is 0 Å². The highest BCUT2D eigenvalue weighted by atomic mass is 15.1. The highest BCUT2D eigenvalue weighted by Crippen LogP contribution is 1.97. The van der Waals surface area contributed by atoms with Gasteiger partial charge < -0.3 is 5.32 Å². The molecule has 1 aromatic rings. The molecule has 0 radical (unpaired) electrons. The Hall–Kier alpha value is -0.960. The molecule has 1 aromatic heterocycles. The third-order valence-corrected chi connectivity index (χ3v) is 1.98. The molecule has 0 aliphatic rings. The lowest BCUT2D eigenvalue weighted by Gasteiger charge is -2.11. The molecule has 1 N–H and O–H groups in total. The van der Waals surface area contributed by atoms with Crippen molar-refractivity contribution in [1.29, 1.82) is 0 Å². The molecule has 0 saturated carbocycles. The first-order valence-electron chi connectivity index (χ1n) is 4.83. The van der Waals surface area contributed by atoms with E-state index in [0.717, 1.165) is 12.2 Å². The van der Waals surface area contributed by atoms with Gasteiger partial charge in [-0.15, -0.1) is 0 Å². The molecule has 1 rings (SSSR count). The quantitative estimate of drug-likeness (QED) is 0.748. The van der Waals surface area contributed by atoms with E-state index in [1.54, 1.807) is 6.20 Å². The SMILES string of the molecule is CCCC(C)NCc1cccnn1. The van der Waals surface area contributed by atoms with Crippen LogP contribution < -0.4 is 5.32 Å². The molecule has 1 heterocycles. The number of hydrogen-bond acceptors (Lipinski definition) is 3. The number of nitrogens with one attached hydrogen (secondary N) is 1. The van der Waals surface area contributed by atoms with E-state index in [-0.39, 0.29) is 0 Å². The molecule has 0 aliphatic heterocycles. The van der Waals surface area contributed by atoms with Crippen LogP contribution in [0.15, 0.2) is 18.3 Å². The van der Waals surface area contributed by atoms with Crippen molar-refractivity contribution in [3.63, 3.8) is 0 Å². The molecule has 0 aromatic carbocycles. The predicted octanol–water partition coefficient (Wildman–Crippen LogP) is 1.75. The average molecular weight is 179 g/mol. The summed E-state index contributed by atoms with van der Waals surface area (Å²) in [6, 6.07) is 4.46. The van der Waals surface area contributed by atoms with E-state index in [0.29, 0.717) is 6.04 Å². The van der Waals surface area contributed by atoms with Gasteiger partial charge >= 0.3 is 0 Å². The monoisotopic (exact) mass is 179 g/mol. The van der Waals surface area contributed by atoms with Crippen LogP contribution in [-0.2, 0) is 6.54 Å². The zero-order chi connectivity index (χ0) is 9.52. The van der Waals surface area contributed by atoms with Crippen molar-refractivity contribution in [1.82, 2.24) is 15.5 Å². The fourth-order valence-corrected chi connectivity index (χ4v) is 1.24. The van der Waals surface area contributed by atoms with Crippen LogP contribution in [0.5, 0.6) is 0 Å². The number of aromatic nitrogens is 2. The van der Waals surface area contributed by atoms with Gasteiger partial charge in [0.15, 0.2) is 0 Å². The lowest BCUT2D eigenvalue weighted by atomic mass is 10.2. The molecular formula is C10H17N3. The molecule has 0 saturated heterocycles. The zero-order valence-electron chi connectivity index (χ0n) is 8.33. The fraction of sp³-hybridized carbons (Fsp3) is 0.600. The minimum Gasteiger partial charge on any atom is -0.309 e. The van der Waals surface area contributed by atoms with Crippen molar-refractivity contribution in [3.8, 4) is 0 Å². The summed E-state index contributed by atoms with van der Waals surface area (Å²) in [6.45, 7) is 5.20. The van der Waals surface area contributed by atoms with Gasteiger partial charge in [0.05, 0.1) is 5.69 Å². The number of hydrogen-bond donors (Lipinski definition) is 1. The number of nitrogens with zero attached hydrogens (tertiary/aromatic N) is 2. The van der Waals surface area contributed by atoms with E-state index in [2.05, 4.69) is 29.4 Å². The van der Waals surface area contributed by atoms with Crippen LogP contribution >= 0.6 is 0 Å². The minimum atomic E-state index is 0.562. The molecule has 0 aliphatic carbocycles. The molecule has 1 unspecified atom stereocenters. The van der Waals surface area contributed by atoms with Crippen molar-refractivity contribution in [2.24, 2.45) is 0 Å². The summed E-state index contributed by atoms with van der Waals surface area (Å²) >= 11 is 0. The molecule has 13 heavy (non-hydrogen) atoms. The standard InChI is InChI=1S/C10H17N3/c1-3-5-9(2)11-8-10-6-4-7-12-13-10/h4,6-7,9,11H,3,5,8H2,1-2H3. The molecule has 3 heteroatoms. The maximum Gasteiger partial charge on any atom is 0.0769 e. The molecule has 0 amide bonds. The molecule has 0 bridgehead atoms. The topological polar surface area (TPSA) is 37.8 Å². The van der Waals surface area contributed by atoms with Crippen molar-refractivity contribution in [2.75, 3.05) is 0 Å². The smallest absolute Gasteiger partial charge is 0.0769 e. The second-order valence-corrected chi connectivity index (χ2v) is 3.29. The van der Waals surface area contributed by atoms with Crippen LogP contribution in [0.1, 0.15) is 32.4 Å². The minimum absolute atomic E-state index is 0.562. The second kappa shape index (κ2) is 5.65. The Morgan fingerprint density at radius 1 is 1.54 bits per heavy atom. The van der Waals surface area contributed by atoms with Crippen LogP contribution in [0, 0.1) is 0 Å². The van der Waals surface area contributed by atoms with Gasteiger partial charge in [-0.2, -0.15) is 10.2 Å². The van der Waals surface area contributed by atoms with E-state index in [4.69, 9.17) is 0 Å². The Labute approximate surface area is 79.6 Å². The van der Waals surface area contributed by atoms with Crippen molar-refractivity contribution >= 4 is 0 Å². The summed E-state index contributed by atoms with van der Waals surface area (Å²) in [5, 5.41) is 11.2. The molecule has 1 atom stereocenters. The predicted molar refractivity (Wildman–Crippen MR) is 53.2 cm³/mol. The molecule has 72 valence electrons. The second-order valence-electron chi connectivity index (χ2n) is 3.29. The first kappa shape index (κ1) is 10.1. The zero-order valence-corrected chi connectivity index (χ0v) is 8.33. The van der Waals surface area contributed by atoms with E-state index in [1.165, 1.54) is 12.8 Å². The van der Waals surface area contributed by atoms with Crippen molar-refractivity contribution in [3.05, 3.63) is 24.0 Å². The Morgan fingerprint density at radius 3 is 3.00 bits per heavy atom. The van der Waals surface area contributed by atoms with E-state index in [9.17, 15) is 0 Å². The normalized spacial score (nSPS) is 12.8. The largest absolute Gasteiger partial charge is 0.309 e. The van der Waals surface area contributed by atoms with Gasteiger partial charge in [-0.05, 0) is 25.5 Å². The lowest BCUT2D eigenvalue weighted by molar-refractivity contribution is 0.502. The summed E-state index contributed by atoms with van der Waals surface area (Å²) in [7, 11) is 0. The summed E-state index contributed by atoms with van der Waals surface area (Å²) < 4.78 is 0. The van der Waals surface area contributed by atoms with Crippen LogP contribution in [0.25, 0.3) is 0 Å². The first-order chi connectivity index (χ1) is 6.33. The Balaban J connectivity index is 2.27. The molecule has 0 fully saturated rings. The fourth-order valence-electron chi connectivity index (χ4n) is 1.24. The van der Waals surface area contributed by atoms with Gasteiger partial charge in [0.25, 0.3) is 0 Å². The van der Waals surface area contributed by atoms with E-state index in [1.807, 2.05) is 12.1 Å². The third kappa shape index (κ3) is 3.99. The van der Waals surface area contributed by atoms with Crippen molar-refractivity contribution in [2.45, 2.75) is 39.3 Å². The lowest BCUT2D eigenvalue weighted by Crippen LogP contribution is -2.25. The first-order valence-corrected chi connectivity index (χ1v) is 4.83. The third-order valence-electron chi connectivity index (χ3n) is 1.98. The van der Waals surface area contributed by atoms with Crippen LogP contribution in [0.4, 0.5) is 0 Å². The number of rotatable bonds is 5. The maximum absolute atomic E-state index is 4.00. The van der Waals surface area contributed by atoms with Crippen LogP contribution in [-0.4, -0.2) is 16.2 Å². The van der Waals surface area contributed by atoms with Crippen molar-refractivity contribution < 1.29 is 0 Å². The highest BCUT2D eigenvalue weighted by molar-refractivity contribution is 4.98. The van der Waals surface area contributed by atoms with Gasteiger partial charge in [0, 0.05) is 18.8 Å². The van der Waals surface area contributed by atoms with Crippen LogP contribution in [0.3, 0.4) is 0 Å². The van der Waals surface area contributed by atoms with Gasteiger partial charge in [-0.3, -0.25) is 0 Å². The van der Waals surface area contributed by atoms with Gasteiger partial charge in [-0.25, -0.2) is 0 Å². The highest BCUT2D eigenvalue weighted by Gasteiger charge is 1.99. The maximum atomic E-state index is 4.00. The molecule has 0 spiro atoms. The van der Waals surface area contributed by atoms with Gasteiger partial charge in [-0.1, -0.05) is 13.3 Å². The molecular weight excluding hydrogens is 162 g/mol. The van der Waals surface area contributed by atoms with E-state index < -0.39 is 0 Å². The van der Waals surface area contributed by atoms with Crippen LogP contribution in [0.2, 0.25) is 0 Å². The van der Waals surface area contributed by atoms with E-state index >= 15 is 0 Å². The Kier molecular flexibility index (Phi) is 4.40. The molecule has 3 nitrogen and oxygen atoms in total. The Bertz CT molecular complexity index is 223.